The van der Waals surface area contributed by atoms with Gasteiger partial charge in [-0.1, -0.05) is 12.2 Å². The van der Waals surface area contributed by atoms with E-state index in [1.807, 2.05) is 11.8 Å². The van der Waals surface area contributed by atoms with E-state index in [2.05, 4.69) is 10.2 Å². The van der Waals surface area contributed by atoms with Crippen molar-refractivity contribution >= 4 is 17.2 Å². The van der Waals surface area contributed by atoms with Gasteiger partial charge in [-0.3, -0.25) is 4.90 Å². The molecule has 0 spiro atoms. The van der Waals surface area contributed by atoms with Gasteiger partial charge in [0.25, 0.3) is 0 Å². The molecule has 9 heteroatoms. The predicted molar refractivity (Wildman–Crippen MR) is 61.7 cm³/mol. The van der Waals surface area contributed by atoms with E-state index in [-0.39, 0.29) is 25.0 Å². The molecule has 2 rings (SSSR count). The number of hydrogen-bond acceptors (Lipinski definition) is 4. The molecule has 0 fully saturated rings. The summed E-state index contributed by atoms with van der Waals surface area (Å²) < 4.78 is 38.9. The average molecular weight is 279 g/mol. The first kappa shape index (κ1) is 13.2. The van der Waals surface area contributed by atoms with Gasteiger partial charge in [0.15, 0.2) is 0 Å². The summed E-state index contributed by atoms with van der Waals surface area (Å²) >= 11 is 4.88. The highest BCUT2D eigenvalue weighted by atomic mass is 32.1. The van der Waals surface area contributed by atoms with Crippen molar-refractivity contribution in [2.24, 2.45) is 5.73 Å². The Morgan fingerprint density at radius 1 is 1.39 bits per heavy atom. The lowest BCUT2D eigenvalue weighted by molar-refractivity contribution is -0.148. The molecule has 1 aliphatic rings. The first-order chi connectivity index (χ1) is 8.30. The first-order valence-corrected chi connectivity index (χ1v) is 5.74. The third kappa shape index (κ3) is 2.32. The zero-order valence-electron chi connectivity index (χ0n) is 9.61. The van der Waals surface area contributed by atoms with Crippen LogP contribution >= 0.6 is 12.2 Å². The summed E-state index contributed by atoms with van der Waals surface area (Å²) in [5, 5.41) is 6.79. The second-order valence-corrected chi connectivity index (χ2v) is 4.61. The van der Waals surface area contributed by atoms with Crippen LogP contribution in [0.1, 0.15) is 18.6 Å². The van der Waals surface area contributed by atoms with Gasteiger partial charge < -0.3 is 10.3 Å². The van der Waals surface area contributed by atoms with E-state index in [0.717, 1.165) is 4.57 Å². The van der Waals surface area contributed by atoms with Gasteiger partial charge in [-0.15, -0.1) is 10.2 Å². The topological polar surface area (TPSA) is 60.0 Å². The Balaban J connectivity index is 2.22. The summed E-state index contributed by atoms with van der Waals surface area (Å²) in [5.41, 5.74) is 5.53. The van der Waals surface area contributed by atoms with Gasteiger partial charge in [-0.05, 0) is 6.92 Å². The number of thiocarbonyl (C=S) groups is 1. The lowest BCUT2D eigenvalue weighted by Gasteiger charge is -2.32. The number of nitrogens with zero attached hydrogens (tertiary/aromatic N) is 4. The Morgan fingerprint density at radius 2 is 2.06 bits per heavy atom. The molecule has 5 nitrogen and oxygen atoms in total. The van der Waals surface area contributed by atoms with Gasteiger partial charge in [-0.2, -0.15) is 13.2 Å². The van der Waals surface area contributed by atoms with Crippen molar-refractivity contribution in [3.05, 3.63) is 11.6 Å². The summed E-state index contributed by atoms with van der Waals surface area (Å²) in [5.74, 6) is -0.656. The number of fused-ring (bicyclic) bond motifs is 1. The van der Waals surface area contributed by atoms with E-state index in [9.17, 15) is 13.2 Å². The van der Waals surface area contributed by atoms with Crippen molar-refractivity contribution in [2.75, 3.05) is 6.54 Å². The summed E-state index contributed by atoms with van der Waals surface area (Å²) in [7, 11) is 0. The van der Waals surface area contributed by atoms with Crippen molar-refractivity contribution in [1.29, 1.82) is 0 Å². The molecule has 0 radical (unpaired) electrons. The average Bonchev–Trinajstić information content (AvgIpc) is 2.69. The van der Waals surface area contributed by atoms with E-state index in [1.165, 1.54) is 0 Å². The quantitative estimate of drug-likeness (QED) is 0.811. The van der Waals surface area contributed by atoms with Gasteiger partial charge in [-0.25, -0.2) is 0 Å². The normalized spacial score (nSPS) is 18.4. The predicted octanol–water partition coefficient (Wildman–Crippen LogP) is 0.787. The van der Waals surface area contributed by atoms with Crippen LogP contribution < -0.4 is 5.73 Å². The molecule has 2 N–H and O–H groups in total. The number of rotatable bonds is 2. The minimum absolute atomic E-state index is 0.167. The van der Waals surface area contributed by atoms with Crippen LogP contribution in [0.5, 0.6) is 0 Å². The molecule has 1 aliphatic heterocycles. The van der Waals surface area contributed by atoms with Crippen molar-refractivity contribution in [2.45, 2.75) is 32.2 Å². The maximum absolute atomic E-state index is 12.6. The second-order valence-electron chi connectivity index (χ2n) is 4.14. The molecule has 1 unspecified atom stereocenters. The van der Waals surface area contributed by atoms with Gasteiger partial charge in [0.1, 0.15) is 5.82 Å². The van der Waals surface area contributed by atoms with E-state index >= 15 is 0 Å². The van der Waals surface area contributed by atoms with Crippen LogP contribution in [0.3, 0.4) is 0 Å². The smallest absolute Gasteiger partial charge is 0.392 e. The van der Waals surface area contributed by atoms with Gasteiger partial charge in [0.2, 0.25) is 5.82 Å². The fourth-order valence-electron chi connectivity index (χ4n) is 1.90. The zero-order chi connectivity index (χ0) is 13.5. The molecule has 0 bridgehead atoms. The van der Waals surface area contributed by atoms with Crippen molar-refractivity contribution in [3.8, 4) is 0 Å². The summed E-state index contributed by atoms with van der Waals surface area (Å²) in [6, 6.07) is -0.167. The number of alkyl halides is 3. The fourth-order valence-corrected chi connectivity index (χ4v) is 2.05. The molecular weight excluding hydrogens is 267 g/mol. The molecule has 0 saturated carbocycles. The SMILES string of the molecule is CC(C(N)=S)N1CCn2c(nnc2C(F)(F)F)C1. The van der Waals surface area contributed by atoms with Gasteiger partial charge >= 0.3 is 6.18 Å². The lowest BCUT2D eigenvalue weighted by atomic mass is 10.2. The standard InChI is InChI=1S/C9H12F3N5S/c1-5(7(13)18)16-2-3-17-6(4-16)14-15-8(17)9(10,11)12/h5H,2-4H2,1H3,(H2,13,18). The Hall–Kier alpha value is -1.22. The van der Waals surface area contributed by atoms with Crippen LogP contribution in [0, 0.1) is 0 Å². The van der Waals surface area contributed by atoms with Gasteiger partial charge in [0.05, 0.1) is 17.6 Å². The monoisotopic (exact) mass is 279 g/mol. The van der Waals surface area contributed by atoms with E-state index in [4.69, 9.17) is 18.0 Å². The highest BCUT2D eigenvalue weighted by Gasteiger charge is 2.39. The third-order valence-electron chi connectivity index (χ3n) is 3.00. The van der Waals surface area contributed by atoms with Crippen LogP contribution in [0.25, 0.3) is 0 Å². The van der Waals surface area contributed by atoms with Gasteiger partial charge in [0, 0.05) is 13.1 Å². The fraction of sp³-hybridized carbons (Fsp3) is 0.667. The van der Waals surface area contributed by atoms with Crippen LogP contribution in [0.2, 0.25) is 0 Å². The number of aromatic nitrogens is 3. The molecule has 2 heterocycles. The minimum Gasteiger partial charge on any atom is -0.392 e. The molecule has 18 heavy (non-hydrogen) atoms. The summed E-state index contributed by atoms with van der Waals surface area (Å²) in [4.78, 5) is 2.20. The first-order valence-electron chi connectivity index (χ1n) is 5.33. The number of halogens is 3. The molecule has 0 aliphatic carbocycles. The zero-order valence-corrected chi connectivity index (χ0v) is 10.4. The van der Waals surface area contributed by atoms with Crippen molar-refractivity contribution in [3.63, 3.8) is 0 Å². The molecule has 0 saturated heterocycles. The lowest BCUT2D eigenvalue weighted by Crippen LogP contribution is -2.46. The van der Waals surface area contributed by atoms with Crippen LogP contribution in [-0.2, 0) is 19.3 Å². The number of hydrogen-bond donors (Lipinski definition) is 1. The van der Waals surface area contributed by atoms with Crippen LogP contribution in [-0.4, -0.2) is 37.2 Å². The summed E-state index contributed by atoms with van der Waals surface area (Å²) in [6.07, 6.45) is -4.47. The van der Waals surface area contributed by atoms with Crippen molar-refractivity contribution < 1.29 is 13.2 Å². The van der Waals surface area contributed by atoms with Crippen LogP contribution in [0.4, 0.5) is 13.2 Å². The van der Waals surface area contributed by atoms with E-state index in [1.54, 1.807) is 0 Å². The third-order valence-corrected chi connectivity index (χ3v) is 3.34. The summed E-state index contributed by atoms with van der Waals surface area (Å²) in [6.45, 7) is 2.71. The molecular formula is C9H12F3N5S. The largest absolute Gasteiger partial charge is 0.451 e. The highest BCUT2D eigenvalue weighted by molar-refractivity contribution is 7.80. The molecule has 1 atom stereocenters. The Kier molecular flexibility index (Phi) is 3.28. The maximum atomic E-state index is 12.6. The Bertz CT molecular complexity index is 469. The van der Waals surface area contributed by atoms with E-state index in [0.29, 0.717) is 11.5 Å². The molecule has 1 aromatic heterocycles. The van der Waals surface area contributed by atoms with Crippen LogP contribution in [0.15, 0.2) is 0 Å². The highest BCUT2D eigenvalue weighted by Crippen LogP contribution is 2.29. The molecule has 100 valence electrons. The Morgan fingerprint density at radius 3 is 2.61 bits per heavy atom. The van der Waals surface area contributed by atoms with E-state index < -0.39 is 12.0 Å². The Labute approximate surface area is 107 Å². The van der Waals surface area contributed by atoms with Crippen molar-refractivity contribution in [1.82, 2.24) is 19.7 Å². The minimum atomic E-state index is -4.47. The second kappa shape index (κ2) is 4.47. The molecule has 1 aromatic rings. The maximum Gasteiger partial charge on any atom is 0.451 e. The number of nitrogens with two attached hydrogens (primary N) is 1. The molecule has 0 amide bonds. The molecule has 0 aromatic carbocycles.